The van der Waals surface area contributed by atoms with Crippen molar-refractivity contribution in [2.75, 3.05) is 17.2 Å². The highest BCUT2D eigenvalue weighted by Gasteiger charge is 2.26. The zero-order chi connectivity index (χ0) is 15.6. The second kappa shape index (κ2) is 5.69. The Balaban J connectivity index is 2.41. The van der Waals surface area contributed by atoms with Crippen LogP contribution in [0, 0.1) is 10.1 Å². The summed E-state index contributed by atoms with van der Waals surface area (Å²) in [6.45, 7) is 3.69. The number of carbonyl (C=O) groups is 1. The predicted octanol–water partition coefficient (Wildman–Crippen LogP) is 2.05. The highest BCUT2D eigenvalue weighted by molar-refractivity contribution is 5.95. The van der Waals surface area contributed by atoms with Gasteiger partial charge in [0.05, 0.1) is 4.92 Å². The summed E-state index contributed by atoms with van der Waals surface area (Å²) in [4.78, 5) is 22.3. The third kappa shape index (κ3) is 3.49. The minimum Gasteiger partial charge on any atom is -0.396 e. The van der Waals surface area contributed by atoms with Crippen molar-refractivity contribution in [3.63, 3.8) is 0 Å². The van der Waals surface area contributed by atoms with E-state index in [-0.39, 0.29) is 18.2 Å². The van der Waals surface area contributed by atoms with E-state index >= 15 is 0 Å². The first-order valence-electron chi connectivity index (χ1n) is 6.82. The first-order valence-corrected chi connectivity index (χ1v) is 6.82. The molecule has 0 aromatic heterocycles. The number of hydrogen-bond donors (Lipinski definition) is 3. The lowest BCUT2D eigenvalue weighted by atomic mass is 9.98. The Labute approximate surface area is 122 Å². The molecule has 1 amide bonds. The fourth-order valence-electron chi connectivity index (χ4n) is 2.37. The molecule has 0 saturated heterocycles. The number of benzene rings is 1. The van der Waals surface area contributed by atoms with E-state index in [1.54, 1.807) is 6.07 Å². The zero-order valence-corrected chi connectivity index (χ0v) is 12.1. The van der Waals surface area contributed by atoms with E-state index in [0.29, 0.717) is 30.6 Å². The number of hydrogen-bond acceptors (Lipinski definition) is 5. The van der Waals surface area contributed by atoms with Crippen LogP contribution in [-0.4, -0.2) is 28.1 Å². The first kappa shape index (κ1) is 15.2. The van der Waals surface area contributed by atoms with E-state index in [1.165, 1.54) is 6.07 Å². The molecular weight excluding hydrogens is 274 g/mol. The van der Waals surface area contributed by atoms with Crippen LogP contribution in [0.15, 0.2) is 12.1 Å². The van der Waals surface area contributed by atoms with Crippen molar-refractivity contribution in [3.05, 3.63) is 27.8 Å². The summed E-state index contributed by atoms with van der Waals surface area (Å²) in [5, 5.41) is 26.1. The third-order valence-electron chi connectivity index (χ3n) is 3.52. The largest absolute Gasteiger partial charge is 0.396 e. The average molecular weight is 293 g/mol. The third-order valence-corrected chi connectivity index (χ3v) is 3.52. The number of aliphatic hydroxyl groups excluding tert-OH is 1. The van der Waals surface area contributed by atoms with Gasteiger partial charge in [0, 0.05) is 30.3 Å². The normalized spacial score (nSPS) is 14.3. The van der Waals surface area contributed by atoms with Crippen molar-refractivity contribution >= 4 is 23.0 Å². The lowest BCUT2D eigenvalue weighted by molar-refractivity contribution is -0.384. The van der Waals surface area contributed by atoms with Gasteiger partial charge in [0.15, 0.2) is 0 Å². The number of fused-ring (bicyclic) bond motifs is 1. The molecule has 1 aliphatic heterocycles. The number of aliphatic hydroxyl groups is 1. The summed E-state index contributed by atoms with van der Waals surface area (Å²) in [7, 11) is 0. The van der Waals surface area contributed by atoms with Gasteiger partial charge in [-0.15, -0.1) is 0 Å². The van der Waals surface area contributed by atoms with E-state index in [9.17, 15) is 14.9 Å². The fourth-order valence-corrected chi connectivity index (χ4v) is 2.37. The SMILES string of the molecule is CC(C)(CCO)Nc1cc2c(cc1[N+](=O)[O-])CCC(=O)N2. The molecule has 2 rings (SSSR count). The smallest absolute Gasteiger partial charge is 0.292 e. The molecule has 3 N–H and O–H groups in total. The van der Waals surface area contributed by atoms with E-state index < -0.39 is 10.5 Å². The topological polar surface area (TPSA) is 104 Å². The van der Waals surface area contributed by atoms with Crippen LogP contribution in [0.3, 0.4) is 0 Å². The summed E-state index contributed by atoms with van der Waals surface area (Å²) >= 11 is 0. The summed E-state index contributed by atoms with van der Waals surface area (Å²) in [5.74, 6) is -0.0862. The maximum absolute atomic E-state index is 11.4. The van der Waals surface area contributed by atoms with Gasteiger partial charge in [-0.2, -0.15) is 0 Å². The molecule has 0 unspecified atom stereocenters. The summed E-state index contributed by atoms with van der Waals surface area (Å²) < 4.78 is 0. The van der Waals surface area contributed by atoms with E-state index in [1.807, 2.05) is 13.8 Å². The predicted molar refractivity (Wildman–Crippen MR) is 79.5 cm³/mol. The molecule has 0 radical (unpaired) electrons. The van der Waals surface area contributed by atoms with Gasteiger partial charge in [-0.3, -0.25) is 14.9 Å². The minimum absolute atomic E-state index is 0.0177. The van der Waals surface area contributed by atoms with Crippen molar-refractivity contribution in [3.8, 4) is 0 Å². The number of anilines is 2. The van der Waals surface area contributed by atoms with Gasteiger partial charge in [0.25, 0.3) is 5.69 Å². The van der Waals surface area contributed by atoms with Crippen molar-refractivity contribution in [2.45, 2.75) is 38.6 Å². The Bertz CT molecular complexity index is 584. The Morgan fingerprint density at radius 1 is 1.43 bits per heavy atom. The van der Waals surface area contributed by atoms with Crippen LogP contribution in [0.1, 0.15) is 32.3 Å². The molecule has 0 atom stereocenters. The average Bonchev–Trinajstić information content (AvgIpc) is 2.36. The van der Waals surface area contributed by atoms with E-state index in [0.717, 1.165) is 5.56 Å². The quantitative estimate of drug-likeness (QED) is 0.569. The molecule has 21 heavy (non-hydrogen) atoms. The lowest BCUT2D eigenvalue weighted by Gasteiger charge is -2.27. The minimum atomic E-state index is -0.494. The van der Waals surface area contributed by atoms with Gasteiger partial charge in [-0.25, -0.2) is 0 Å². The van der Waals surface area contributed by atoms with Crippen molar-refractivity contribution in [1.29, 1.82) is 0 Å². The van der Waals surface area contributed by atoms with E-state index in [2.05, 4.69) is 10.6 Å². The summed E-state index contributed by atoms with van der Waals surface area (Å²) in [5.41, 5.74) is 1.22. The second-order valence-corrected chi connectivity index (χ2v) is 5.81. The Morgan fingerprint density at radius 3 is 2.76 bits per heavy atom. The molecule has 7 heteroatoms. The molecule has 0 aliphatic carbocycles. The van der Waals surface area contributed by atoms with Gasteiger partial charge in [0.2, 0.25) is 5.91 Å². The highest BCUT2D eigenvalue weighted by atomic mass is 16.6. The molecule has 1 aliphatic rings. The molecule has 0 spiro atoms. The second-order valence-electron chi connectivity index (χ2n) is 5.81. The number of aryl methyl sites for hydroxylation is 1. The maximum Gasteiger partial charge on any atom is 0.292 e. The number of amides is 1. The van der Waals surface area contributed by atoms with Crippen LogP contribution in [0.4, 0.5) is 17.1 Å². The molecular formula is C14H19N3O4. The zero-order valence-electron chi connectivity index (χ0n) is 12.1. The highest BCUT2D eigenvalue weighted by Crippen LogP contribution is 2.35. The Morgan fingerprint density at radius 2 is 2.14 bits per heavy atom. The number of rotatable bonds is 5. The molecule has 1 heterocycles. The fraction of sp³-hybridized carbons (Fsp3) is 0.500. The molecule has 0 fully saturated rings. The number of nitrogens with zero attached hydrogens (tertiary/aromatic N) is 1. The Hall–Kier alpha value is -2.15. The van der Waals surface area contributed by atoms with Gasteiger partial charge in [0.1, 0.15) is 5.69 Å². The number of nitro benzene ring substituents is 1. The van der Waals surface area contributed by atoms with Gasteiger partial charge < -0.3 is 15.7 Å². The van der Waals surface area contributed by atoms with Gasteiger partial charge >= 0.3 is 0 Å². The summed E-state index contributed by atoms with van der Waals surface area (Å²) in [6, 6.07) is 3.11. The van der Waals surface area contributed by atoms with Crippen LogP contribution in [0.25, 0.3) is 0 Å². The maximum atomic E-state index is 11.4. The lowest BCUT2D eigenvalue weighted by Crippen LogP contribution is -2.32. The van der Waals surface area contributed by atoms with Crippen LogP contribution >= 0.6 is 0 Å². The molecule has 1 aromatic carbocycles. The van der Waals surface area contributed by atoms with E-state index in [4.69, 9.17) is 5.11 Å². The molecule has 1 aromatic rings. The van der Waals surface area contributed by atoms with Crippen LogP contribution in [0.2, 0.25) is 0 Å². The van der Waals surface area contributed by atoms with Crippen molar-refractivity contribution in [1.82, 2.24) is 0 Å². The number of nitrogens with one attached hydrogen (secondary N) is 2. The van der Waals surface area contributed by atoms with Crippen LogP contribution in [0.5, 0.6) is 0 Å². The number of nitro groups is 1. The van der Waals surface area contributed by atoms with Crippen molar-refractivity contribution in [2.24, 2.45) is 0 Å². The molecule has 114 valence electrons. The molecule has 0 bridgehead atoms. The molecule has 7 nitrogen and oxygen atoms in total. The van der Waals surface area contributed by atoms with Crippen LogP contribution < -0.4 is 10.6 Å². The van der Waals surface area contributed by atoms with Crippen molar-refractivity contribution < 1.29 is 14.8 Å². The first-order chi connectivity index (χ1) is 9.82. The van der Waals surface area contributed by atoms with Gasteiger partial charge in [-0.05, 0) is 38.3 Å². The Kier molecular flexibility index (Phi) is 4.13. The van der Waals surface area contributed by atoms with Gasteiger partial charge in [-0.1, -0.05) is 0 Å². The number of carbonyl (C=O) groups excluding carboxylic acids is 1. The monoisotopic (exact) mass is 293 g/mol. The molecule has 0 saturated carbocycles. The standard InChI is InChI=1S/C14H19N3O4/c1-14(2,5-6-18)16-11-8-10-9(3-4-13(19)15-10)7-12(11)17(20)21/h7-8,16,18H,3-6H2,1-2H3,(H,15,19). The summed E-state index contributed by atoms with van der Waals surface area (Å²) in [6.07, 6.45) is 1.29. The van der Waals surface area contributed by atoms with Crippen LogP contribution in [-0.2, 0) is 11.2 Å².